The molecule has 0 saturated heterocycles. The second kappa shape index (κ2) is 8.56. The van der Waals surface area contributed by atoms with E-state index < -0.39 is 11.7 Å². The van der Waals surface area contributed by atoms with Crippen molar-refractivity contribution in [3.05, 3.63) is 77.1 Å². The molecular weight excluding hydrogens is 397 g/mol. The summed E-state index contributed by atoms with van der Waals surface area (Å²) >= 11 is 0. The second-order valence-electron chi connectivity index (χ2n) is 6.83. The third kappa shape index (κ3) is 4.61. The van der Waals surface area contributed by atoms with Crippen molar-refractivity contribution >= 4 is 5.91 Å². The van der Waals surface area contributed by atoms with Crippen LogP contribution in [0.15, 0.2) is 54.7 Å². The number of alkyl halides is 3. The van der Waals surface area contributed by atoms with Crippen molar-refractivity contribution in [3.63, 3.8) is 0 Å². The summed E-state index contributed by atoms with van der Waals surface area (Å²) in [4.78, 5) is 14.3. The molecule has 30 heavy (non-hydrogen) atoms. The molecule has 6 nitrogen and oxygen atoms in total. The lowest BCUT2D eigenvalue weighted by atomic mass is 10.1. The van der Waals surface area contributed by atoms with Gasteiger partial charge in [0.05, 0.1) is 31.5 Å². The van der Waals surface area contributed by atoms with Crippen LogP contribution in [0.2, 0.25) is 0 Å². The maximum absolute atomic E-state index is 12.9. The van der Waals surface area contributed by atoms with E-state index in [1.54, 1.807) is 20.2 Å². The van der Waals surface area contributed by atoms with Crippen molar-refractivity contribution in [2.75, 3.05) is 14.2 Å². The maximum Gasteiger partial charge on any atom is 0.416 e. The summed E-state index contributed by atoms with van der Waals surface area (Å²) in [5.74, 6) is 0.307. The zero-order valence-electron chi connectivity index (χ0n) is 16.7. The van der Waals surface area contributed by atoms with Gasteiger partial charge >= 0.3 is 6.18 Å². The number of nitrogens with zero attached hydrogens (tertiary/aromatic N) is 4. The molecule has 3 aromatic rings. The Balaban J connectivity index is 1.75. The van der Waals surface area contributed by atoms with Crippen molar-refractivity contribution in [3.8, 4) is 5.75 Å². The van der Waals surface area contributed by atoms with Crippen LogP contribution in [0.1, 0.15) is 40.1 Å². The standard InChI is InChI=1S/C21H21F3N4O2/c1-14(17-9-4-5-10-19(17)30-3)27(2)20(29)18-13-28(26-25-18)12-15-7-6-8-16(11-15)21(22,23)24/h4-11,13-14H,12H2,1-3H3. The molecule has 1 atom stereocenters. The highest BCUT2D eigenvalue weighted by Gasteiger charge is 2.30. The number of hydrogen-bond donors (Lipinski definition) is 0. The molecule has 0 bridgehead atoms. The van der Waals surface area contributed by atoms with Crippen LogP contribution in [-0.2, 0) is 12.7 Å². The molecule has 3 rings (SSSR count). The number of aromatic nitrogens is 3. The molecule has 0 radical (unpaired) electrons. The van der Waals surface area contributed by atoms with Crippen LogP contribution in [0.25, 0.3) is 0 Å². The summed E-state index contributed by atoms with van der Waals surface area (Å²) in [6.07, 6.45) is -3.00. The van der Waals surface area contributed by atoms with Crippen molar-refractivity contribution in [2.45, 2.75) is 25.7 Å². The fraction of sp³-hybridized carbons (Fsp3) is 0.286. The minimum Gasteiger partial charge on any atom is -0.496 e. The smallest absolute Gasteiger partial charge is 0.416 e. The Morgan fingerprint density at radius 1 is 1.20 bits per heavy atom. The first kappa shape index (κ1) is 21.4. The predicted octanol–water partition coefficient (Wildman–Crippen LogP) is 4.19. The number of ether oxygens (including phenoxy) is 1. The molecular formula is C21H21F3N4O2. The summed E-state index contributed by atoms with van der Waals surface area (Å²) in [6, 6.07) is 12.1. The highest BCUT2D eigenvalue weighted by atomic mass is 19.4. The van der Waals surface area contributed by atoms with Crippen LogP contribution in [0.4, 0.5) is 13.2 Å². The number of hydrogen-bond acceptors (Lipinski definition) is 4. The van der Waals surface area contributed by atoms with Gasteiger partial charge in [0, 0.05) is 12.6 Å². The highest BCUT2D eigenvalue weighted by Crippen LogP contribution is 2.30. The first-order valence-electron chi connectivity index (χ1n) is 9.17. The molecule has 1 amide bonds. The summed E-state index contributed by atoms with van der Waals surface area (Å²) < 4.78 is 45.3. The van der Waals surface area contributed by atoms with Gasteiger partial charge in [0.1, 0.15) is 5.75 Å². The van der Waals surface area contributed by atoms with E-state index in [0.717, 1.165) is 17.7 Å². The molecule has 1 heterocycles. The first-order valence-corrected chi connectivity index (χ1v) is 9.17. The van der Waals surface area contributed by atoms with Gasteiger partial charge in [-0.05, 0) is 30.7 Å². The number of halogens is 3. The van der Waals surface area contributed by atoms with E-state index in [2.05, 4.69) is 10.3 Å². The van der Waals surface area contributed by atoms with Crippen molar-refractivity contribution in [1.82, 2.24) is 19.9 Å². The number of amides is 1. The average Bonchev–Trinajstić information content (AvgIpc) is 3.20. The van der Waals surface area contributed by atoms with Gasteiger partial charge in [-0.15, -0.1) is 5.10 Å². The number of benzene rings is 2. The van der Waals surface area contributed by atoms with Gasteiger partial charge in [0.2, 0.25) is 0 Å². The normalized spacial score (nSPS) is 12.5. The fourth-order valence-corrected chi connectivity index (χ4v) is 3.08. The summed E-state index contributed by atoms with van der Waals surface area (Å²) in [7, 11) is 3.21. The Kier molecular flexibility index (Phi) is 6.09. The van der Waals surface area contributed by atoms with Crippen LogP contribution < -0.4 is 4.74 Å². The van der Waals surface area contributed by atoms with E-state index in [-0.39, 0.29) is 24.2 Å². The molecule has 9 heteroatoms. The first-order chi connectivity index (χ1) is 14.2. The molecule has 0 N–H and O–H groups in total. The zero-order valence-corrected chi connectivity index (χ0v) is 16.7. The molecule has 1 unspecified atom stereocenters. The second-order valence-corrected chi connectivity index (χ2v) is 6.83. The van der Waals surface area contributed by atoms with Crippen molar-refractivity contribution < 1.29 is 22.7 Å². The van der Waals surface area contributed by atoms with Gasteiger partial charge in [0.15, 0.2) is 5.69 Å². The Hall–Kier alpha value is -3.36. The van der Waals surface area contributed by atoms with Gasteiger partial charge in [0.25, 0.3) is 5.91 Å². The molecule has 0 aliphatic carbocycles. The molecule has 2 aromatic carbocycles. The molecule has 0 aliphatic rings. The molecule has 0 spiro atoms. The van der Waals surface area contributed by atoms with E-state index in [9.17, 15) is 18.0 Å². The van der Waals surface area contributed by atoms with Gasteiger partial charge in [-0.1, -0.05) is 35.5 Å². The Morgan fingerprint density at radius 3 is 2.63 bits per heavy atom. The SMILES string of the molecule is COc1ccccc1C(C)N(C)C(=O)c1cn(Cc2cccc(C(F)(F)F)c2)nn1. The van der Waals surface area contributed by atoms with Crippen LogP contribution in [0.5, 0.6) is 5.75 Å². The number of methoxy groups -OCH3 is 1. The number of carbonyl (C=O) groups excluding carboxylic acids is 1. The lowest BCUT2D eigenvalue weighted by Gasteiger charge is -2.25. The topological polar surface area (TPSA) is 60.2 Å². The molecule has 0 fully saturated rings. The quantitative estimate of drug-likeness (QED) is 0.602. The van der Waals surface area contributed by atoms with Gasteiger partial charge < -0.3 is 9.64 Å². The molecule has 1 aromatic heterocycles. The van der Waals surface area contributed by atoms with E-state index in [1.165, 1.54) is 21.8 Å². The van der Waals surface area contributed by atoms with Gasteiger partial charge in [-0.25, -0.2) is 4.68 Å². The molecule has 0 saturated carbocycles. The molecule has 158 valence electrons. The Morgan fingerprint density at radius 2 is 1.93 bits per heavy atom. The minimum atomic E-state index is -4.42. The van der Waals surface area contributed by atoms with E-state index in [0.29, 0.717) is 11.3 Å². The largest absolute Gasteiger partial charge is 0.496 e. The third-order valence-electron chi connectivity index (χ3n) is 4.85. The van der Waals surface area contributed by atoms with E-state index >= 15 is 0 Å². The fourth-order valence-electron chi connectivity index (χ4n) is 3.08. The van der Waals surface area contributed by atoms with Crippen molar-refractivity contribution in [1.29, 1.82) is 0 Å². The van der Waals surface area contributed by atoms with Crippen LogP contribution in [0, 0.1) is 0 Å². The van der Waals surface area contributed by atoms with Crippen LogP contribution in [-0.4, -0.2) is 40.0 Å². The summed E-state index contributed by atoms with van der Waals surface area (Å²) in [5, 5.41) is 7.78. The zero-order chi connectivity index (χ0) is 21.9. The number of para-hydroxylation sites is 1. The van der Waals surface area contributed by atoms with Gasteiger partial charge in [-0.3, -0.25) is 4.79 Å². The number of rotatable bonds is 6. The van der Waals surface area contributed by atoms with Crippen molar-refractivity contribution in [2.24, 2.45) is 0 Å². The van der Waals surface area contributed by atoms with Crippen LogP contribution in [0.3, 0.4) is 0 Å². The lowest BCUT2D eigenvalue weighted by Crippen LogP contribution is -2.30. The summed E-state index contributed by atoms with van der Waals surface area (Å²) in [5.41, 5.74) is 0.615. The Bertz CT molecular complexity index is 1030. The van der Waals surface area contributed by atoms with E-state index in [1.807, 2.05) is 31.2 Å². The average molecular weight is 418 g/mol. The van der Waals surface area contributed by atoms with E-state index in [4.69, 9.17) is 4.74 Å². The third-order valence-corrected chi connectivity index (χ3v) is 4.85. The Labute approximate surface area is 171 Å². The number of carbonyl (C=O) groups is 1. The minimum absolute atomic E-state index is 0.0655. The summed E-state index contributed by atoms with van der Waals surface area (Å²) in [6.45, 7) is 1.93. The lowest BCUT2D eigenvalue weighted by molar-refractivity contribution is -0.137. The predicted molar refractivity (Wildman–Crippen MR) is 104 cm³/mol. The maximum atomic E-state index is 12.9. The van der Waals surface area contributed by atoms with Crippen LogP contribution >= 0.6 is 0 Å². The monoisotopic (exact) mass is 418 g/mol. The molecule has 0 aliphatic heterocycles. The van der Waals surface area contributed by atoms with Gasteiger partial charge in [-0.2, -0.15) is 13.2 Å². The highest BCUT2D eigenvalue weighted by molar-refractivity contribution is 5.92.